The highest BCUT2D eigenvalue weighted by atomic mass is 32.1. The van der Waals surface area contributed by atoms with Crippen LogP contribution in [0.3, 0.4) is 0 Å². The van der Waals surface area contributed by atoms with Crippen LogP contribution in [0.5, 0.6) is 0 Å². The molecular weight excluding hydrogens is 273 g/mol. The lowest BCUT2D eigenvalue weighted by Crippen LogP contribution is -2.10. The number of hydrogen-bond donors (Lipinski definition) is 1. The Hall–Kier alpha value is -1.40. The minimum absolute atomic E-state index is 0.494. The number of rotatable bonds is 4. The topological polar surface area (TPSA) is 24.9 Å². The largest absolute Gasteiger partial charge is 0.416 e. The summed E-state index contributed by atoms with van der Waals surface area (Å²) in [7, 11) is 0. The van der Waals surface area contributed by atoms with Gasteiger partial charge in [-0.2, -0.15) is 17.5 Å². The van der Waals surface area contributed by atoms with Crippen molar-refractivity contribution in [2.45, 2.75) is 19.6 Å². The number of halogens is 3. The van der Waals surface area contributed by atoms with Crippen LogP contribution in [0.2, 0.25) is 0 Å². The standard InChI is InChI=1S/C13H13F3N2S/c1-2-17-8-11-7-12(18-19-11)9-4-3-5-10(6-9)13(14,15)16/h3-7,17H,2,8H2,1H3. The maximum absolute atomic E-state index is 12.6. The molecule has 0 amide bonds. The normalized spacial score (nSPS) is 11.8. The van der Waals surface area contributed by atoms with Crippen molar-refractivity contribution in [3.05, 3.63) is 40.8 Å². The van der Waals surface area contributed by atoms with Crippen LogP contribution < -0.4 is 5.32 Å². The van der Waals surface area contributed by atoms with Crippen molar-refractivity contribution >= 4 is 11.5 Å². The number of benzene rings is 1. The number of nitrogens with zero attached hydrogens (tertiary/aromatic N) is 1. The maximum atomic E-state index is 12.6. The van der Waals surface area contributed by atoms with Crippen molar-refractivity contribution in [1.82, 2.24) is 9.69 Å². The van der Waals surface area contributed by atoms with Gasteiger partial charge in [0.2, 0.25) is 0 Å². The molecule has 2 nitrogen and oxygen atoms in total. The third kappa shape index (κ3) is 3.54. The van der Waals surface area contributed by atoms with Gasteiger partial charge in [0.15, 0.2) is 0 Å². The summed E-state index contributed by atoms with van der Waals surface area (Å²) in [5.74, 6) is 0. The molecule has 0 aliphatic heterocycles. The molecular formula is C13H13F3N2S. The minimum Gasteiger partial charge on any atom is -0.312 e. The predicted molar refractivity (Wildman–Crippen MR) is 69.9 cm³/mol. The van der Waals surface area contributed by atoms with Crippen molar-refractivity contribution in [2.24, 2.45) is 0 Å². The molecule has 0 saturated carbocycles. The summed E-state index contributed by atoms with van der Waals surface area (Å²) in [5.41, 5.74) is 0.434. The van der Waals surface area contributed by atoms with Gasteiger partial charge in [-0.05, 0) is 36.3 Å². The van der Waals surface area contributed by atoms with E-state index in [4.69, 9.17) is 0 Å². The average Bonchev–Trinajstić information content (AvgIpc) is 2.84. The van der Waals surface area contributed by atoms with Crippen molar-refractivity contribution < 1.29 is 13.2 Å². The van der Waals surface area contributed by atoms with Gasteiger partial charge in [0.1, 0.15) is 0 Å². The monoisotopic (exact) mass is 286 g/mol. The second-order valence-electron chi connectivity index (χ2n) is 4.04. The van der Waals surface area contributed by atoms with E-state index in [1.165, 1.54) is 17.6 Å². The first-order valence-corrected chi connectivity index (χ1v) is 6.62. The lowest BCUT2D eigenvalue weighted by molar-refractivity contribution is -0.137. The van der Waals surface area contributed by atoms with Crippen molar-refractivity contribution in [3.63, 3.8) is 0 Å². The van der Waals surface area contributed by atoms with E-state index in [0.29, 0.717) is 17.8 Å². The molecule has 1 aromatic heterocycles. The van der Waals surface area contributed by atoms with Crippen LogP contribution in [0.15, 0.2) is 30.3 Å². The Labute approximate surface area is 113 Å². The SMILES string of the molecule is CCNCc1cc(-c2cccc(C(F)(F)F)c2)ns1. The molecule has 1 aromatic carbocycles. The molecule has 0 unspecified atom stereocenters. The molecule has 102 valence electrons. The Balaban J connectivity index is 2.24. The second kappa shape index (κ2) is 5.71. The van der Waals surface area contributed by atoms with Crippen LogP contribution in [0.25, 0.3) is 11.3 Å². The minimum atomic E-state index is -4.32. The Kier molecular flexibility index (Phi) is 4.21. The quantitative estimate of drug-likeness (QED) is 0.921. The molecule has 0 aliphatic carbocycles. The van der Waals surface area contributed by atoms with Gasteiger partial charge in [-0.3, -0.25) is 0 Å². The summed E-state index contributed by atoms with van der Waals surface area (Å²) in [6.07, 6.45) is -4.32. The molecule has 2 rings (SSSR count). The first-order chi connectivity index (χ1) is 9.00. The van der Waals surface area contributed by atoms with E-state index in [1.54, 1.807) is 6.07 Å². The van der Waals surface area contributed by atoms with Crippen LogP contribution in [-0.2, 0) is 12.7 Å². The third-order valence-corrected chi connectivity index (χ3v) is 3.38. The van der Waals surface area contributed by atoms with E-state index in [-0.39, 0.29) is 0 Å². The van der Waals surface area contributed by atoms with Crippen LogP contribution in [0.4, 0.5) is 13.2 Å². The summed E-state index contributed by atoms with van der Waals surface area (Å²) in [6, 6.07) is 7.06. The van der Waals surface area contributed by atoms with Gasteiger partial charge < -0.3 is 5.32 Å². The first kappa shape index (κ1) is 14.0. The smallest absolute Gasteiger partial charge is 0.312 e. The van der Waals surface area contributed by atoms with Gasteiger partial charge in [0.05, 0.1) is 11.3 Å². The summed E-state index contributed by atoms with van der Waals surface area (Å²) < 4.78 is 42.1. The zero-order chi connectivity index (χ0) is 13.9. The Morgan fingerprint density at radius 2 is 2.05 bits per heavy atom. The number of alkyl halides is 3. The zero-order valence-electron chi connectivity index (χ0n) is 10.3. The third-order valence-electron chi connectivity index (χ3n) is 2.59. The second-order valence-corrected chi connectivity index (χ2v) is 4.93. The lowest BCUT2D eigenvalue weighted by atomic mass is 10.1. The fourth-order valence-corrected chi connectivity index (χ4v) is 2.34. The van der Waals surface area contributed by atoms with Gasteiger partial charge in [-0.25, -0.2) is 0 Å². The van der Waals surface area contributed by atoms with Gasteiger partial charge in [-0.1, -0.05) is 19.1 Å². The van der Waals surface area contributed by atoms with Gasteiger partial charge >= 0.3 is 6.18 Å². The van der Waals surface area contributed by atoms with Crippen LogP contribution >= 0.6 is 11.5 Å². The molecule has 1 N–H and O–H groups in total. The molecule has 0 saturated heterocycles. The summed E-state index contributed by atoms with van der Waals surface area (Å²) in [5, 5.41) is 3.16. The molecule has 0 aliphatic rings. The molecule has 19 heavy (non-hydrogen) atoms. The van der Waals surface area contributed by atoms with E-state index in [1.807, 2.05) is 13.0 Å². The molecule has 0 radical (unpaired) electrons. The van der Waals surface area contributed by atoms with Gasteiger partial charge in [-0.15, -0.1) is 0 Å². The van der Waals surface area contributed by atoms with E-state index in [2.05, 4.69) is 9.69 Å². The van der Waals surface area contributed by atoms with E-state index in [0.717, 1.165) is 23.6 Å². The summed E-state index contributed by atoms with van der Waals surface area (Å²) in [4.78, 5) is 1.01. The van der Waals surface area contributed by atoms with Crippen LogP contribution in [0.1, 0.15) is 17.4 Å². The molecule has 0 spiro atoms. The predicted octanol–water partition coefficient (Wildman–Crippen LogP) is 3.94. The average molecular weight is 286 g/mol. The Morgan fingerprint density at radius 3 is 2.74 bits per heavy atom. The van der Waals surface area contributed by atoms with Crippen molar-refractivity contribution in [3.8, 4) is 11.3 Å². The van der Waals surface area contributed by atoms with E-state index >= 15 is 0 Å². The molecule has 0 bridgehead atoms. The lowest BCUT2D eigenvalue weighted by Gasteiger charge is -2.07. The van der Waals surface area contributed by atoms with Crippen molar-refractivity contribution in [2.75, 3.05) is 6.54 Å². The fourth-order valence-electron chi connectivity index (χ4n) is 1.64. The van der Waals surface area contributed by atoms with Crippen LogP contribution in [-0.4, -0.2) is 10.9 Å². The highest BCUT2D eigenvalue weighted by Crippen LogP contribution is 2.32. The Morgan fingerprint density at radius 1 is 1.26 bits per heavy atom. The number of hydrogen-bond acceptors (Lipinski definition) is 3. The molecule has 6 heteroatoms. The van der Waals surface area contributed by atoms with Gasteiger partial charge in [0, 0.05) is 17.0 Å². The zero-order valence-corrected chi connectivity index (χ0v) is 11.1. The number of aromatic nitrogens is 1. The van der Waals surface area contributed by atoms with Crippen LogP contribution in [0, 0.1) is 0 Å². The first-order valence-electron chi connectivity index (χ1n) is 5.84. The fraction of sp³-hybridized carbons (Fsp3) is 0.308. The number of nitrogens with one attached hydrogen (secondary N) is 1. The highest BCUT2D eigenvalue weighted by molar-refractivity contribution is 7.06. The maximum Gasteiger partial charge on any atom is 0.416 e. The van der Waals surface area contributed by atoms with Crippen molar-refractivity contribution in [1.29, 1.82) is 0 Å². The Bertz CT molecular complexity index is 549. The molecule has 2 aromatic rings. The van der Waals surface area contributed by atoms with E-state index in [9.17, 15) is 13.2 Å². The van der Waals surface area contributed by atoms with Gasteiger partial charge in [0.25, 0.3) is 0 Å². The highest BCUT2D eigenvalue weighted by Gasteiger charge is 2.30. The molecule has 0 fully saturated rings. The summed E-state index contributed by atoms with van der Waals surface area (Å²) in [6.45, 7) is 3.53. The summed E-state index contributed by atoms with van der Waals surface area (Å²) >= 11 is 1.30. The van der Waals surface area contributed by atoms with E-state index < -0.39 is 11.7 Å². The molecule has 1 heterocycles. The molecule has 0 atom stereocenters.